The molecular formula is C15H18ClN5S. The number of halogens is 1. The first-order valence-electron chi connectivity index (χ1n) is 7.69. The Balaban J connectivity index is 1.32. The summed E-state index contributed by atoms with van der Waals surface area (Å²) in [5.41, 5.74) is 1.07. The number of hydrogen-bond donors (Lipinski definition) is 0. The van der Waals surface area contributed by atoms with Crippen molar-refractivity contribution < 1.29 is 0 Å². The molecule has 3 heterocycles. The molecule has 4 rings (SSSR count). The Hall–Kier alpha value is -1.24. The third-order valence-corrected chi connectivity index (χ3v) is 5.54. The van der Waals surface area contributed by atoms with E-state index in [4.69, 9.17) is 11.6 Å². The molecule has 1 saturated carbocycles. The van der Waals surface area contributed by atoms with Gasteiger partial charge in [0.25, 0.3) is 0 Å². The molecule has 2 aromatic rings. The number of piperazine rings is 1. The smallest absolute Gasteiger partial charge is 0.208 e. The fraction of sp³-hybridized carbons (Fsp3) is 0.533. The van der Waals surface area contributed by atoms with Gasteiger partial charge in [0.1, 0.15) is 5.01 Å². The second-order valence-corrected chi connectivity index (χ2v) is 7.35. The van der Waals surface area contributed by atoms with E-state index >= 15 is 0 Å². The van der Waals surface area contributed by atoms with Gasteiger partial charge < -0.3 is 4.90 Å². The van der Waals surface area contributed by atoms with Crippen molar-refractivity contribution in [2.24, 2.45) is 0 Å². The first-order valence-corrected chi connectivity index (χ1v) is 8.88. The molecule has 0 bridgehead atoms. The summed E-state index contributed by atoms with van der Waals surface area (Å²) in [4.78, 5) is 9.15. The van der Waals surface area contributed by atoms with Gasteiger partial charge in [-0.15, -0.1) is 10.2 Å². The van der Waals surface area contributed by atoms with E-state index in [-0.39, 0.29) is 0 Å². The number of anilines is 1. The Morgan fingerprint density at radius 2 is 1.95 bits per heavy atom. The molecule has 0 amide bonds. The molecule has 2 aliphatic rings. The largest absolute Gasteiger partial charge is 0.344 e. The molecule has 0 aromatic carbocycles. The zero-order valence-corrected chi connectivity index (χ0v) is 13.9. The SMILES string of the molecule is Clc1ccc(CN2CCN(c3nnc(C4CC4)s3)CC2)nc1. The van der Waals surface area contributed by atoms with Crippen LogP contribution in [-0.2, 0) is 6.54 Å². The highest BCUT2D eigenvalue weighted by Gasteiger charge is 2.29. The normalized spacial score (nSPS) is 19.6. The van der Waals surface area contributed by atoms with Gasteiger partial charge in [-0.05, 0) is 25.0 Å². The van der Waals surface area contributed by atoms with Crippen LogP contribution < -0.4 is 4.90 Å². The quantitative estimate of drug-likeness (QED) is 0.859. The van der Waals surface area contributed by atoms with Crippen LogP contribution in [0.4, 0.5) is 5.13 Å². The van der Waals surface area contributed by atoms with Crippen LogP contribution in [0.2, 0.25) is 5.02 Å². The van der Waals surface area contributed by atoms with Crippen LogP contribution in [0, 0.1) is 0 Å². The molecule has 0 unspecified atom stereocenters. The van der Waals surface area contributed by atoms with Crippen molar-refractivity contribution in [3.05, 3.63) is 34.1 Å². The maximum absolute atomic E-state index is 5.88. The lowest BCUT2D eigenvalue weighted by atomic mass is 10.3. The van der Waals surface area contributed by atoms with Crippen LogP contribution in [0.3, 0.4) is 0 Å². The van der Waals surface area contributed by atoms with Crippen LogP contribution >= 0.6 is 22.9 Å². The van der Waals surface area contributed by atoms with E-state index in [0.29, 0.717) is 10.9 Å². The second kappa shape index (κ2) is 6.10. The van der Waals surface area contributed by atoms with Gasteiger partial charge >= 0.3 is 0 Å². The van der Waals surface area contributed by atoms with Gasteiger partial charge in [-0.25, -0.2) is 0 Å². The standard InChI is InChI=1S/C15H18ClN5S/c16-12-3-4-13(17-9-12)10-20-5-7-21(8-6-20)15-19-18-14(22-15)11-1-2-11/h3-4,9,11H,1-2,5-8,10H2. The average molecular weight is 336 g/mol. The first kappa shape index (κ1) is 14.4. The molecule has 2 aromatic heterocycles. The van der Waals surface area contributed by atoms with Crippen molar-refractivity contribution in [1.82, 2.24) is 20.1 Å². The van der Waals surface area contributed by atoms with E-state index in [1.807, 2.05) is 12.1 Å². The summed E-state index contributed by atoms with van der Waals surface area (Å²) in [5.74, 6) is 0.698. The van der Waals surface area contributed by atoms with Crippen molar-refractivity contribution in [2.75, 3.05) is 31.1 Å². The predicted molar refractivity (Wildman–Crippen MR) is 88.6 cm³/mol. The molecule has 1 aliphatic heterocycles. The summed E-state index contributed by atoms with van der Waals surface area (Å²) in [5, 5.41) is 11.7. The molecule has 0 atom stereocenters. The van der Waals surface area contributed by atoms with Crippen LogP contribution in [-0.4, -0.2) is 46.3 Å². The fourth-order valence-electron chi connectivity index (χ4n) is 2.68. The summed E-state index contributed by atoms with van der Waals surface area (Å²) >= 11 is 7.65. The minimum Gasteiger partial charge on any atom is -0.344 e. The lowest BCUT2D eigenvalue weighted by Crippen LogP contribution is -2.46. The van der Waals surface area contributed by atoms with E-state index in [9.17, 15) is 0 Å². The molecule has 1 aliphatic carbocycles. The van der Waals surface area contributed by atoms with Crippen molar-refractivity contribution >= 4 is 28.1 Å². The Bertz CT molecular complexity index is 632. The lowest BCUT2D eigenvalue weighted by molar-refractivity contribution is 0.247. The van der Waals surface area contributed by atoms with Crippen molar-refractivity contribution in [3.8, 4) is 0 Å². The molecule has 116 valence electrons. The zero-order valence-electron chi connectivity index (χ0n) is 12.3. The Morgan fingerprint density at radius 3 is 2.64 bits per heavy atom. The Labute approximate surface area is 138 Å². The highest BCUT2D eigenvalue weighted by atomic mass is 35.5. The average Bonchev–Trinajstić information content (AvgIpc) is 3.28. The minimum atomic E-state index is 0.691. The van der Waals surface area contributed by atoms with Gasteiger partial charge in [0.2, 0.25) is 5.13 Å². The molecule has 0 spiro atoms. The minimum absolute atomic E-state index is 0.691. The third-order valence-electron chi connectivity index (χ3n) is 4.17. The van der Waals surface area contributed by atoms with E-state index in [0.717, 1.165) is 43.5 Å². The maximum Gasteiger partial charge on any atom is 0.208 e. The van der Waals surface area contributed by atoms with Gasteiger partial charge in [-0.3, -0.25) is 9.88 Å². The van der Waals surface area contributed by atoms with Gasteiger partial charge in [0.05, 0.1) is 10.7 Å². The van der Waals surface area contributed by atoms with Crippen LogP contribution in [0.25, 0.3) is 0 Å². The Morgan fingerprint density at radius 1 is 1.14 bits per heavy atom. The van der Waals surface area contributed by atoms with Gasteiger partial charge in [-0.1, -0.05) is 22.9 Å². The Kier molecular flexibility index (Phi) is 3.98. The molecule has 0 radical (unpaired) electrons. The highest BCUT2D eigenvalue weighted by molar-refractivity contribution is 7.15. The number of pyridine rings is 1. The first-order chi connectivity index (χ1) is 10.8. The monoisotopic (exact) mass is 335 g/mol. The van der Waals surface area contributed by atoms with Crippen LogP contribution in [0.5, 0.6) is 0 Å². The molecular weight excluding hydrogens is 318 g/mol. The molecule has 1 saturated heterocycles. The van der Waals surface area contributed by atoms with Gasteiger partial charge in [-0.2, -0.15) is 0 Å². The lowest BCUT2D eigenvalue weighted by Gasteiger charge is -2.34. The third kappa shape index (κ3) is 3.24. The van der Waals surface area contributed by atoms with Crippen molar-refractivity contribution in [2.45, 2.75) is 25.3 Å². The summed E-state index contributed by atoms with van der Waals surface area (Å²) in [6.07, 6.45) is 4.29. The maximum atomic E-state index is 5.88. The van der Waals surface area contributed by atoms with Crippen molar-refractivity contribution in [1.29, 1.82) is 0 Å². The van der Waals surface area contributed by atoms with Gasteiger partial charge in [0.15, 0.2) is 0 Å². The zero-order chi connectivity index (χ0) is 14.9. The van der Waals surface area contributed by atoms with Crippen LogP contribution in [0.1, 0.15) is 29.5 Å². The van der Waals surface area contributed by atoms with Crippen LogP contribution in [0.15, 0.2) is 18.3 Å². The highest BCUT2D eigenvalue weighted by Crippen LogP contribution is 2.42. The molecule has 22 heavy (non-hydrogen) atoms. The van der Waals surface area contributed by atoms with Gasteiger partial charge in [0, 0.05) is 44.8 Å². The van der Waals surface area contributed by atoms with E-state index in [1.165, 1.54) is 17.8 Å². The summed E-state index contributed by atoms with van der Waals surface area (Å²) in [7, 11) is 0. The molecule has 0 N–H and O–H groups in total. The number of nitrogens with zero attached hydrogens (tertiary/aromatic N) is 5. The van der Waals surface area contributed by atoms with E-state index < -0.39 is 0 Å². The van der Waals surface area contributed by atoms with Crippen molar-refractivity contribution in [3.63, 3.8) is 0 Å². The molecule has 2 fully saturated rings. The number of rotatable bonds is 4. The summed E-state index contributed by atoms with van der Waals surface area (Å²) < 4.78 is 0. The fourth-order valence-corrected chi connectivity index (χ4v) is 3.85. The predicted octanol–water partition coefficient (Wildman–Crippen LogP) is 2.79. The van der Waals surface area contributed by atoms with E-state index in [2.05, 4.69) is 25.0 Å². The second-order valence-electron chi connectivity index (χ2n) is 5.93. The molecule has 7 heteroatoms. The summed E-state index contributed by atoms with van der Waals surface area (Å²) in [6, 6.07) is 3.90. The molecule has 5 nitrogen and oxygen atoms in total. The topological polar surface area (TPSA) is 45.2 Å². The van der Waals surface area contributed by atoms with E-state index in [1.54, 1.807) is 17.5 Å². The number of hydrogen-bond acceptors (Lipinski definition) is 6. The number of aromatic nitrogens is 3. The summed E-state index contributed by atoms with van der Waals surface area (Å²) in [6.45, 7) is 4.96.